The summed E-state index contributed by atoms with van der Waals surface area (Å²) in [4.78, 5) is 24.1. The third kappa shape index (κ3) is 10.1. The summed E-state index contributed by atoms with van der Waals surface area (Å²) in [5, 5.41) is 18.3. The topological polar surface area (TPSA) is 93.1 Å². The van der Waals surface area contributed by atoms with Crippen LogP contribution in [0.25, 0.3) is 0 Å². The van der Waals surface area contributed by atoms with E-state index in [9.17, 15) is 14.7 Å². The Bertz CT molecular complexity index is 703. The molecular weight excluding hydrogens is 396 g/mol. The van der Waals surface area contributed by atoms with Gasteiger partial charge in [-0.2, -0.15) is 0 Å². The van der Waals surface area contributed by atoms with Crippen LogP contribution in [-0.4, -0.2) is 47.6 Å². The van der Waals surface area contributed by atoms with Crippen LogP contribution in [0.2, 0.25) is 0 Å². The second kappa shape index (κ2) is 14.0. The van der Waals surface area contributed by atoms with Crippen molar-refractivity contribution in [1.29, 1.82) is 0 Å². The number of carbonyl (C=O) groups excluding carboxylic acids is 2. The van der Waals surface area contributed by atoms with Crippen LogP contribution in [0.3, 0.4) is 0 Å². The van der Waals surface area contributed by atoms with Gasteiger partial charge in [-0.25, -0.2) is 9.59 Å². The lowest BCUT2D eigenvalue weighted by Crippen LogP contribution is -2.41. The fraction of sp³-hybridized carbons (Fsp3) is 0.600. The Labute approximate surface area is 186 Å². The van der Waals surface area contributed by atoms with Crippen molar-refractivity contribution in [3.63, 3.8) is 0 Å². The molecule has 1 heterocycles. The minimum atomic E-state index is -0.635. The van der Waals surface area contributed by atoms with Gasteiger partial charge in [-0.05, 0) is 57.9 Å². The molecule has 6 nitrogen and oxygen atoms in total. The number of cyclic esters (lactones) is 1. The van der Waals surface area contributed by atoms with Crippen molar-refractivity contribution in [2.24, 2.45) is 17.8 Å². The molecular formula is C25H38O6. The lowest BCUT2D eigenvalue weighted by molar-refractivity contribution is -0.164. The largest absolute Gasteiger partial charge is 0.455 e. The number of hydrogen-bond acceptors (Lipinski definition) is 6. The third-order valence-corrected chi connectivity index (χ3v) is 5.46. The molecule has 0 amide bonds. The standard InChI is InChI=1S/C25H38O6/c1-6-17(2)13-19(4)14-20(5)25-22(8-10-24(29)31-25)30-23(28)9-7-18(3)15-21(16-27)11-12-26/h6-10,15,19-22,25-27H,11-14,16H2,1-5H3/t19-,20-,21-,22+,25+/m0/s1. The van der Waals surface area contributed by atoms with Gasteiger partial charge in [-0.3, -0.25) is 0 Å². The van der Waals surface area contributed by atoms with Gasteiger partial charge in [0.2, 0.25) is 0 Å². The first-order valence-electron chi connectivity index (χ1n) is 11.0. The second-order valence-corrected chi connectivity index (χ2v) is 8.52. The Hall–Kier alpha value is -2.18. The summed E-state index contributed by atoms with van der Waals surface area (Å²) < 4.78 is 11.1. The van der Waals surface area contributed by atoms with Gasteiger partial charge in [0.05, 0.1) is 0 Å². The second-order valence-electron chi connectivity index (χ2n) is 8.52. The highest BCUT2D eigenvalue weighted by atomic mass is 16.6. The molecule has 1 rings (SSSR count). The van der Waals surface area contributed by atoms with Gasteiger partial charge < -0.3 is 19.7 Å². The van der Waals surface area contributed by atoms with Gasteiger partial charge in [0.15, 0.2) is 6.10 Å². The lowest BCUT2D eigenvalue weighted by atomic mass is 9.86. The number of hydrogen-bond donors (Lipinski definition) is 2. The molecule has 0 saturated heterocycles. The van der Waals surface area contributed by atoms with Crippen molar-refractivity contribution < 1.29 is 29.3 Å². The SMILES string of the molecule is CC=C(C)C[C@H](C)C[C@H](C)[C@H]1OC(=O)C=C[C@H]1OC(=O)C=CC(C)=C[C@@H](CO)CCO. The van der Waals surface area contributed by atoms with Crippen LogP contribution in [0.4, 0.5) is 0 Å². The van der Waals surface area contributed by atoms with Crippen molar-refractivity contribution >= 4 is 11.9 Å². The quantitative estimate of drug-likeness (QED) is 0.209. The normalized spacial score (nSPS) is 22.9. The third-order valence-electron chi connectivity index (χ3n) is 5.46. The van der Waals surface area contributed by atoms with Crippen LogP contribution in [0, 0.1) is 17.8 Å². The molecule has 0 aliphatic carbocycles. The summed E-state index contributed by atoms with van der Waals surface area (Å²) >= 11 is 0. The van der Waals surface area contributed by atoms with Gasteiger partial charge in [0, 0.05) is 31.3 Å². The molecule has 0 bridgehead atoms. The predicted molar refractivity (Wildman–Crippen MR) is 121 cm³/mol. The maximum absolute atomic E-state index is 12.3. The van der Waals surface area contributed by atoms with Crippen molar-refractivity contribution in [3.05, 3.63) is 47.6 Å². The van der Waals surface area contributed by atoms with Gasteiger partial charge in [-0.1, -0.05) is 43.2 Å². The molecule has 0 unspecified atom stereocenters. The highest BCUT2D eigenvalue weighted by Crippen LogP contribution is 2.28. The zero-order valence-electron chi connectivity index (χ0n) is 19.4. The van der Waals surface area contributed by atoms with Crippen LogP contribution >= 0.6 is 0 Å². The first-order valence-corrected chi connectivity index (χ1v) is 11.0. The van der Waals surface area contributed by atoms with Crippen LogP contribution in [0.15, 0.2) is 47.6 Å². The van der Waals surface area contributed by atoms with Crippen molar-refractivity contribution in [2.75, 3.05) is 13.2 Å². The first-order chi connectivity index (χ1) is 14.7. The summed E-state index contributed by atoms with van der Waals surface area (Å²) in [6.45, 7) is 10.0. The zero-order valence-corrected chi connectivity index (χ0v) is 19.4. The molecule has 1 aliphatic heterocycles. The Kier molecular flexibility index (Phi) is 12.1. The smallest absolute Gasteiger partial charge is 0.331 e. The van der Waals surface area contributed by atoms with Crippen LogP contribution in [0.1, 0.15) is 53.9 Å². The molecule has 0 aromatic rings. The van der Waals surface area contributed by atoms with E-state index in [4.69, 9.17) is 14.6 Å². The summed E-state index contributed by atoms with van der Waals surface area (Å²) in [6.07, 6.45) is 10.8. The van der Waals surface area contributed by atoms with E-state index < -0.39 is 24.1 Å². The Balaban J connectivity index is 2.76. The van der Waals surface area contributed by atoms with Gasteiger partial charge in [0.25, 0.3) is 0 Å². The maximum Gasteiger partial charge on any atom is 0.331 e. The minimum absolute atomic E-state index is 0.0139. The molecule has 0 aromatic carbocycles. The van der Waals surface area contributed by atoms with Crippen LogP contribution in [-0.2, 0) is 19.1 Å². The van der Waals surface area contributed by atoms with E-state index in [-0.39, 0.29) is 25.0 Å². The monoisotopic (exact) mass is 434 g/mol. The molecule has 2 N–H and O–H groups in total. The van der Waals surface area contributed by atoms with E-state index >= 15 is 0 Å². The molecule has 0 spiro atoms. The summed E-state index contributed by atoms with van der Waals surface area (Å²) in [6, 6.07) is 0. The van der Waals surface area contributed by atoms with Crippen molar-refractivity contribution in [3.8, 4) is 0 Å². The fourth-order valence-corrected chi connectivity index (χ4v) is 3.78. The molecule has 1 aliphatic rings. The Morgan fingerprint density at radius 2 is 1.97 bits per heavy atom. The molecule has 0 aromatic heterocycles. The number of aliphatic hydroxyl groups is 2. The highest BCUT2D eigenvalue weighted by Gasteiger charge is 2.34. The average molecular weight is 435 g/mol. The molecule has 0 fully saturated rings. The van der Waals surface area contributed by atoms with Crippen LogP contribution < -0.4 is 0 Å². The summed E-state index contributed by atoms with van der Waals surface area (Å²) in [5.74, 6) is -0.670. The van der Waals surface area contributed by atoms with Gasteiger partial charge in [0.1, 0.15) is 6.10 Å². The van der Waals surface area contributed by atoms with Gasteiger partial charge >= 0.3 is 11.9 Å². The van der Waals surface area contributed by atoms with Gasteiger partial charge in [-0.15, -0.1) is 0 Å². The number of esters is 2. The van der Waals surface area contributed by atoms with Crippen molar-refractivity contribution in [1.82, 2.24) is 0 Å². The number of rotatable bonds is 12. The molecule has 0 saturated carbocycles. The van der Waals surface area contributed by atoms with Crippen molar-refractivity contribution in [2.45, 2.75) is 66.1 Å². The first kappa shape index (κ1) is 26.9. The summed E-state index contributed by atoms with van der Waals surface area (Å²) in [7, 11) is 0. The van der Waals surface area contributed by atoms with E-state index in [1.807, 2.05) is 20.8 Å². The van der Waals surface area contributed by atoms with E-state index in [2.05, 4.69) is 19.9 Å². The number of allylic oxidation sites excluding steroid dienone is 4. The van der Waals surface area contributed by atoms with E-state index in [0.29, 0.717) is 12.3 Å². The highest BCUT2D eigenvalue weighted by molar-refractivity contribution is 5.85. The maximum atomic E-state index is 12.3. The molecule has 174 valence electrons. The fourth-order valence-electron chi connectivity index (χ4n) is 3.78. The van der Waals surface area contributed by atoms with E-state index in [1.54, 1.807) is 18.2 Å². The molecule has 6 heteroatoms. The molecule has 5 atom stereocenters. The number of ether oxygens (including phenoxy) is 2. The predicted octanol–water partition coefficient (Wildman–Crippen LogP) is 3.89. The summed E-state index contributed by atoms with van der Waals surface area (Å²) in [5.41, 5.74) is 2.10. The Morgan fingerprint density at radius 3 is 2.58 bits per heavy atom. The van der Waals surface area contributed by atoms with Crippen LogP contribution in [0.5, 0.6) is 0 Å². The van der Waals surface area contributed by atoms with E-state index in [0.717, 1.165) is 18.4 Å². The average Bonchev–Trinajstić information content (AvgIpc) is 2.72. The van der Waals surface area contributed by atoms with E-state index in [1.165, 1.54) is 17.7 Å². The zero-order chi connectivity index (χ0) is 23.4. The minimum Gasteiger partial charge on any atom is -0.455 e. The number of aliphatic hydroxyl groups excluding tert-OH is 2. The molecule has 0 radical (unpaired) electrons. The molecule has 31 heavy (non-hydrogen) atoms. The number of carbonyl (C=O) groups is 2. The Morgan fingerprint density at radius 1 is 1.26 bits per heavy atom. The lowest BCUT2D eigenvalue weighted by Gasteiger charge is -2.32.